The van der Waals surface area contributed by atoms with Gasteiger partial charge in [0.25, 0.3) is 0 Å². The molecule has 0 unspecified atom stereocenters. The fourth-order valence-corrected chi connectivity index (χ4v) is 5.98. The van der Waals surface area contributed by atoms with Crippen molar-refractivity contribution in [3.63, 3.8) is 0 Å². The summed E-state index contributed by atoms with van der Waals surface area (Å²) in [5.74, 6) is 4.57. The summed E-state index contributed by atoms with van der Waals surface area (Å²) in [7, 11) is 10.1. The summed E-state index contributed by atoms with van der Waals surface area (Å²) in [4.78, 5) is 0. The molecule has 0 atom stereocenters. The second-order valence-electron chi connectivity index (χ2n) is 11.1. The Morgan fingerprint density at radius 3 is 0.792 bits per heavy atom. The predicted octanol–water partition coefficient (Wildman–Crippen LogP) is 10.1. The molecule has 0 N–H and O–H groups in total. The molecule has 0 bridgehead atoms. The monoisotopic (exact) mass is 638 g/mol. The van der Waals surface area contributed by atoms with Gasteiger partial charge in [-0.05, 0) is 106 Å². The molecule has 6 rings (SSSR count). The van der Waals surface area contributed by atoms with Gasteiger partial charge < -0.3 is 28.4 Å². The molecule has 0 amide bonds. The molecule has 0 fully saturated rings. The molecule has 6 heteroatoms. The molecule has 242 valence electrons. The predicted molar refractivity (Wildman–Crippen MR) is 193 cm³/mol. The van der Waals surface area contributed by atoms with Gasteiger partial charge in [0.1, 0.15) is 34.5 Å². The van der Waals surface area contributed by atoms with E-state index in [1.807, 2.05) is 60.7 Å². The summed E-state index contributed by atoms with van der Waals surface area (Å²) in [5.41, 5.74) is 9.87. The highest BCUT2D eigenvalue weighted by Crippen LogP contribution is 2.44. The van der Waals surface area contributed by atoms with Crippen LogP contribution in [0.5, 0.6) is 34.5 Å². The van der Waals surface area contributed by atoms with Crippen LogP contribution >= 0.6 is 0 Å². The molecular formula is C42H38O6. The van der Waals surface area contributed by atoms with Crippen LogP contribution in [0, 0.1) is 0 Å². The van der Waals surface area contributed by atoms with Crippen LogP contribution in [-0.4, -0.2) is 42.7 Å². The summed E-state index contributed by atoms with van der Waals surface area (Å²) < 4.78 is 34.4. The molecule has 0 spiro atoms. The van der Waals surface area contributed by atoms with Crippen LogP contribution in [0.3, 0.4) is 0 Å². The zero-order valence-electron chi connectivity index (χ0n) is 28.0. The first-order valence-electron chi connectivity index (χ1n) is 15.5. The molecule has 0 aliphatic rings. The molecule has 0 aromatic heterocycles. The average molecular weight is 639 g/mol. The summed E-state index contributed by atoms with van der Waals surface area (Å²) in [5, 5.41) is 0. The Morgan fingerprint density at radius 2 is 0.542 bits per heavy atom. The van der Waals surface area contributed by atoms with Gasteiger partial charge in [-0.15, -0.1) is 0 Å². The van der Waals surface area contributed by atoms with E-state index in [-0.39, 0.29) is 0 Å². The van der Waals surface area contributed by atoms with Gasteiger partial charge in [-0.3, -0.25) is 0 Å². The zero-order chi connectivity index (χ0) is 33.6. The van der Waals surface area contributed by atoms with Crippen LogP contribution in [0.2, 0.25) is 0 Å². The zero-order valence-corrected chi connectivity index (χ0v) is 28.0. The third-order valence-corrected chi connectivity index (χ3v) is 8.53. The minimum absolute atomic E-state index is 0.734. The van der Waals surface area contributed by atoms with Crippen molar-refractivity contribution in [2.75, 3.05) is 42.7 Å². The molecule has 6 nitrogen and oxygen atoms in total. The first kappa shape index (κ1) is 32.1. The van der Waals surface area contributed by atoms with Gasteiger partial charge in [0.15, 0.2) is 0 Å². The Morgan fingerprint density at radius 1 is 0.271 bits per heavy atom. The number of hydrogen-bond donors (Lipinski definition) is 0. The van der Waals surface area contributed by atoms with Crippen molar-refractivity contribution >= 4 is 0 Å². The van der Waals surface area contributed by atoms with Crippen molar-refractivity contribution in [3.8, 4) is 90.1 Å². The maximum absolute atomic E-state index is 5.92. The molecule has 0 radical (unpaired) electrons. The first-order valence-corrected chi connectivity index (χ1v) is 15.5. The normalized spacial score (nSPS) is 10.7. The molecule has 0 aliphatic heterocycles. The Kier molecular flexibility index (Phi) is 9.53. The number of rotatable bonds is 11. The maximum Gasteiger partial charge on any atom is 0.127 e. The molecule has 0 saturated heterocycles. The SMILES string of the molecule is COc1cccc(-c2ccc(-c3ccc(-c4ccc(-c5ccc(-c6cccc(OC)c6)cc5OC)c(OC)c4)cc3OC)c(OC)c2)c1. The van der Waals surface area contributed by atoms with Crippen LogP contribution in [-0.2, 0) is 0 Å². The maximum atomic E-state index is 5.92. The largest absolute Gasteiger partial charge is 0.497 e. The van der Waals surface area contributed by atoms with E-state index >= 15 is 0 Å². The van der Waals surface area contributed by atoms with E-state index in [0.717, 1.165) is 90.1 Å². The fraction of sp³-hybridized carbons (Fsp3) is 0.143. The summed E-state index contributed by atoms with van der Waals surface area (Å²) >= 11 is 0. The van der Waals surface area contributed by atoms with Gasteiger partial charge in [0, 0.05) is 22.3 Å². The van der Waals surface area contributed by atoms with Gasteiger partial charge in [-0.1, -0.05) is 48.5 Å². The van der Waals surface area contributed by atoms with Crippen LogP contribution in [0.25, 0.3) is 55.6 Å². The highest BCUT2D eigenvalue weighted by Gasteiger charge is 2.17. The van der Waals surface area contributed by atoms with Crippen molar-refractivity contribution in [1.82, 2.24) is 0 Å². The third kappa shape index (κ3) is 6.38. The van der Waals surface area contributed by atoms with E-state index in [1.54, 1.807) is 42.7 Å². The van der Waals surface area contributed by atoms with E-state index in [2.05, 4.69) is 60.7 Å². The molecule has 48 heavy (non-hydrogen) atoms. The third-order valence-electron chi connectivity index (χ3n) is 8.53. The number of ether oxygens (including phenoxy) is 6. The smallest absolute Gasteiger partial charge is 0.127 e. The number of methoxy groups -OCH3 is 6. The average Bonchev–Trinajstić information content (AvgIpc) is 3.16. The van der Waals surface area contributed by atoms with E-state index in [9.17, 15) is 0 Å². The molecule has 0 heterocycles. The lowest BCUT2D eigenvalue weighted by Gasteiger charge is -2.17. The highest BCUT2D eigenvalue weighted by atomic mass is 16.5. The Bertz CT molecular complexity index is 1920. The highest BCUT2D eigenvalue weighted by molar-refractivity contribution is 5.85. The summed E-state index contributed by atoms with van der Waals surface area (Å²) in [6, 6.07) is 40.7. The fourth-order valence-electron chi connectivity index (χ4n) is 5.98. The van der Waals surface area contributed by atoms with E-state index in [4.69, 9.17) is 28.4 Å². The van der Waals surface area contributed by atoms with Crippen LogP contribution in [0.15, 0.2) is 121 Å². The topological polar surface area (TPSA) is 55.4 Å². The Labute approximate surface area is 282 Å². The Balaban J connectivity index is 1.33. The molecule has 0 aliphatic carbocycles. The van der Waals surface area contributed by atoms with Crippen LogP contribution < -0.4 is 28.4 Å². The van der Waals surface area contributed by atoms with Crippen molar-refractivity contribution in [3.05, 3.63) is 121 Å². The van der Waals surface area contributed by atoms with Crippen molar-refractivity contribution in [2.45, 2.75) is 0 Å². The van der Waals surface area contributed by atoms with Crippen LogP contribution in [0.4, 0.5) is 0 Å². The molecule has 6 aromatic rings. The lowest BCUT2D eigenvalue weighted by Crippen LogP contribution is -1.95. The van der Waals surface area contributed by atoms with E-state index in [1.165, 1.54) is 0 Å². The van der Waals surface area contributed by atoms with Gasteiger partial charge in [-0.25, -0.2) is 0 Å². The first-order chi connectivity index (χ1) is 23.5. The summed E-state index contributed by atoms with van der Waals surface area (Å²) in [6.45, 7) is 0. The second kappa shape index (κ2) is 14.3. The van der Waals surface area contributed by atoms with E-state index < -0.39 is 0 Å². The lowest BCUT2D eigenvalue weighted by molar-refractivity contribution is 0.410. The molecule has 6 aromatic carbocycles. The van der Waals surface area contributed by atoms with Gasteiger partial charge in [0.05, 0.1) is 42.7 Å². The van der Waals surface area contributed by atoms with Crippen molar-refractivity contribution in [1.29, 1.82) is 0 Å². The minimum atomic E-state index is 0.734. The quantitative estimate of drug-likeness (QED) is 0.141. The van der Waals surface area contributed by atoms with Gasteiger partial charge in [0.2, 0.25) is 0 Å². The minimum Gasteiger partial charge on any atom is -0.497 e. The van der Waals surface area contributed by atoms with E-state index in [0.29, 0.717) is 0 Å². The number of benzene rings is 6. The molecule has 0 saturated carbocycles. The van der Waals surface area contributed by atoms with Crippen molar-refractivity contribution in [2.24, 2.45) is 0 Å². The van der Waals surface area contributed by atoms with Crippen LogP contribution in [0.1, 0.15) is 0 Å². The van der Waals surface area contributed by atoms with Crippen molar-refractivity contribution < 1.29 is 28.4 Å². The van der Waals surface area contributed by atoms with Gasteiger partial charge >= 0.3 is 0 Å². The summed E-state index contributed by atoms with van der Waals surface area (Å²) in [6.07, 6.45) is 0. The Hall–Kier alpha value is -5.88. The molecular weight excluding hydrogens is 600 g/mol. The number of hydrogen-bond acceptors (Lipinski definition) is 6. The van der Waals surface area contributed by atoms with Gasteiger partial charge in [-0.2, -0.15) is 0 Å². The standard InChI is InChI=1S/C42H38O6/c1-43-33-11-7-9-27(21-33)29-13-17-35(39(23-29)45-3)37-19-15-31(25-41(37)47-5)32-16-20-38(42(26-32)48-6)36-18-14-30(24-40(36)46-4)28-10-8-12-34(22-28)44-2/h7-26H,1-6H3. The lowest BCUT2D eigenvalue weighted by atomic mass is 9.94. The second-order valence-corrected chi connectivity index (χ2v) is 11.1.